The lowest BCUT2D eigenvalue weighted by Gasteiger charge is -2.17. The van der Waals surface area contributed by atoms with E-state index in [9.17, 15) is 23.2 Å². The average molecular weight is 469 g/mol. The van der Waals surface area contributed by atoms with E-state index >= 15 is 0 Å². The predicted molar refractivity (Wildman–Crippen MR) is 114 cm³/mol. The number of nitrogens with zero attached hydrogens (tertiary/aromatic N) is 1. The number of carbonyl (C=O) groups excluding carboxylic acids is 3. The first-order chi connectivity index (χ1) is 15.2. The van der Waals surface area contributed by atoms with Gasteiger partial charge in [-0.3, -0.25) is 14.4 Å². The van der Waals surface area contributed by atoms with Crippen LogP contribution in [0.25, 0.3) is 0 Å². The maximum absolute atomic E-state index is 12.2. The molecule has 0 aliphatic rings. The second-order valence-electron chi connectivity index (χ2n) is 6.80. The van der Waals surface area contributed by atoms with E-state index in [1.807, 2.05) is 0 Å². The maximum atomic E-state index is 12.2. The number of carbonyl (C=O) groups is 3. The van der Waals surface area contributed by atoms with Crippen molar-refractivity contribution >= 4 is 29.4 Å². The van der Waals surface area contributed by atoms with E-state index in [0.717, 1.165) is 0 Å². The zero-order chi connectivity index (χ0) is 23.5. The summed E-state index contributed by atoms with van der Waals surface area (Å²) in [5, 5.41) is 3.21. The van der Waals surface area contributed by atoms with E-state index in [-0.39, 0.29) is 31.2 Å². The number of hydrogen-bond donors (Lipinski definition) is 1. The van der Waals surface area contributed by atoms with Crippen molar-refractivity contribution in [2.75, 3.05) is 20.2 Å². The second-order valence-corrected chi connectivity index (χ2v) is 7.24. The Kier molecular flexibility index (Phi) is 9.87. The number of esters is 1. The summed E-state index contributed by atoms with van der Waals surface area (Å²) in [6.07, 6.45) is 0.402. The highest BCUT2D eigenvalue weighted by atomic mass is 35.5. The standard InChI is InChI=1S/C22H23ClF2N2O5/c1-27(13-15-4-10-18(11-5-15)32-22(24)25)19(28)14-31-20(29)3-2-12-26-21(30)16-6-8-17(23)9-7-16/h4-11,22H,2-3,12-14H2,1H3,(H,26,30). The minimum absolute atomic E-state index is 0.0241. The van der Waals surface area contributed by atoms with Crippen molar-refractivity contribution in [2.45, 2.75) is 26.0 Å². The summed E-state index contributed by atoms with van der Waals surface area (Å²) in [7, 11) is 1.53. The largest absolute Gasteiger partial charge is 0.456 e. The van der Waals surface area contributed by atoms with Crippen LogP contribution in [0.1, 0.15) is 28.8 Å². The van der Waals surface area contributed by atoms with Crippen LogP contribution in [0, 0.1) is 0 Å². The summed E-state index contributed by atoms with van der Waals surface area (Å²) in [5.41, 5.74) is 1.16. The molecular weight excluding hydrogens is 446 g/mol. The molecule has 0 unspecified atom stereocenters. The molecule has 172 valence electrons. The van der Waals surface area contributed by atoms with Gasteiger partial charge < -0.3 is 19.7 Å². The zero-order valence-corrected chi connectivity index (χ0v) is 18.1. The van der Waals surface area contributed by atoms with Crippen LogP contribution >= 0.6 is 11.6 Å². The Morgan fingerprint density at radius 2 is 1.72 bits per heavy atom. The zero-order valence-electron chi connectivity index (χ0n) is 17.4. The van der Waals surface area contributed by atoms with Gasteiger partial charge in [0.05, 0.1) is 0 Å². The summed E-state index contributed by atoms with van der Waals surface area (Å²) in [6, 6.07) is 12.3. The molecule has 2 aromatic rings. The molecule has 0 aromatic heterocycles. The fourth-order valence-corrected chi connectivity index (χ4v) is 2.73. The van der Waals surface area contributed by atoms with Gasteiger partial charge in [0.25, 0.3) is 11.8 Å². The smallest absolute Gasteiger partial charge is 0.387 e. The monoisotopic (exact) mass is 468 g/mol. The normalized spacial score (nSPS) is 10.5. The van der Waals surface area contributed by atoms with Crippen LogP contribution in [0.2, 0.25) is 5.02 Å². The molecule has 0 saturated heterocycles. The number of likely N-dealkylation sites (N-methyl/N-ethyl adjacent to an activating group) is 1. The van der Waals surface area contributed by atoms with Crippen molar-refractivity contribution in [2.24, 2.45) is 0 Å². The topological polar surface area (TPSA) is 84.9 Å². The first-order valence-electron chi connectivity index (χ1n) is 9.71. The minimum atomic E-state index is -2.90. The number of alkyl halides is 2. The van der Waals surface area contributed by atoms with Gasteiger partial charge in [-0.05, 0) is 48.4 Å². The number of amides is 2. The molecule has 0 radical (unpaired) electrons. The predicted octanol–water partition coefficient (Wildman–Crippen LogP) is 3.65. The van der Waals surface area contributed by atoms with Gasteiger partial charge in [-0.1, -0.05) is 23.7 Å². The highest BCUT2D eigenvalue weighted by molar-refractivity contribution is 6.30. The van der Waals surface area contributed by atoms with Crippen molar-refractivity contribution < 1.29 is 32.6 Å². The molecule has 10 heteroatoms. The highest BCUT2D eigenvalue weighted by Crippen LogP contribution is 2.16. The van der Waals surface area contributed by atoms with E-state index in [1.54, 1.807) is 36.4 Å². The van der Waals surface area contributed by atoms with Crippen molar-refractivity contribution in [3.63, 3.8) is 0 Å². The van der Waals surface area contributed by atoms with E-state index in [0.29, 0.717) is 22.6 Å². The number of nitrogens with one attached hydrogen (secondary N) is 1. The van der Waals surface area contributed by atoms with Gasteiger partial charge in [0.2, 0.25) is 0 Å². The quantitative estimate of drug-likeness (QED) is 0.402. The van der Waals surface area contributed by atoms with Gasteiger partial charge in [0.15, 0.2) is 6.61 Å². The van der Waals surface area contributed by atoms with Crippen LogP contribution < -0.4 is 10.1 Å². The molecule has 1 N–H and O–H groups in total. The summed E-state index contributed by atoms with van der Waals surface area (Å²) in [6.45, 7) is -2.84. The van der Waals surface area contributed by atoms with Gasteiger partial charge in [-0.2, -0.15) is 8.78 Å². The molecule has 0 aliphatic heterocycles. The van der Waals surface area contributed by atoms with Crippen LogP contribution in [-0.2, 0) is 20.9 Å². The number of hydrogen-bond acceptors (Lipinski definition) is 5. The Balaban J connectivity index is 1.63. The fourth-order valence-electron chi connectivity index (χ4n) is 2.60. The van der Waals surface area contributed by atoms with Crippen LogP contribution in [0.3, 0.4) is 0 Å². The third-order valence-corrected chi connectivity index (χ3v) is 4.55. The van der Waals surface area contributed by atoms with E-state index in [4.69, 9.17) is 16.3 Å². The molecule has 0 heterocycles. The lowest BCUT2D eigenvalue weighted by atomic mass is 10.2. The molecule has 0 atom stereocenters. The van der Waals surface area contributed by atoms with E-state index in [2.05, 4.69) is 10.1 Å². The summed E-state index contributed by atoms with van der Waals surface area (Å²) in [4.78, 5) is 37.2. The molecule has 0 aliphatic carbocycles. The van der Waals surface area contributed by atoms with E-state index in [1.165, 1.54) is 24.1 Å². The molecule has 32 heavy (non-hydrogen) atoms. The fraction of sp³-hybridized carbons (Fsp3) is 0.318. The molecule has 0 fully saturated rings. The van der Waals surface area contributed by atoms with Crippen LogP contribution in [0.4, 0.5) is 8.78 Å². The third-order valence-electron chi connectivity index (χ3n) is 4.30. The summed E-state index contributed by atoms with van der Waals surface area (Å²) in [5.74, 6) is -1.22. The number of halogens is 3. The molecule has 0 bridgehead atoms. The number of ether oxygens (including phenoxy) is 2. The van der Waals surface area contributed by atoms with Gasteiger partial charge >= 0.3 is 12.6 Å². The highest BCUT2D eigenvalue weighted by Gasteiger charge is 2.13. The Labute approximate surface area is 189 Å². The lowest BCUT2D eigenvalue weighted by molar-refractivity contribution is -0.151. The Hall–Kier alpha value is -3.20. The molecule has 7 nitrogen and oxygen atoms in total. The average Bonchev–Trinajstić information content (AvgIpc) is 2.76. The first-order valence-corrected chi connectivity index (χ1v) is 10.1. The first kappa shape index (κ1) is 25.1. The van der Waals surface area contributed by atoms with Crippen LogP contribution in [0.15, 0.2) is 48.5 Å². The Morgan fingerprint density at radius 3 is 2.34 bits per heavy atom. The third kappa shape index (κ3) is 8.89. The van der Waals surface area contributed by atoms with Crippen molar-refractivity contribution in [3.8, 4) is 5.75 Å². The van der Waals surface area contributed by atoms with Crippen LogP contribution in [-0.4, -0.2) is 49.5 Å². The minimum Gasteiger partial charge on any atom is -0.456 e. The van der Waals surface area contributed by atoms with Crippen LogP contribution in [0.5, 0.6) is 5.75 Å². The summed E-state index contributed by atoms with van der Waals surface area (Å²) >= 11 is 5.77. The van der Waals surface area contributed by atoms with Crippen molar-refractivity contribution in [1.29, 1.82) is 0 Å². The Morgan fingerprint density at radius 1 is 1.06 bits per heavy atom. The molecule has 2 aromatic carbocycles. The van der Waals surface area contributed by atoms with E-state index < -0.39 is 25.1 Å². The summed E-state index contributed by atoms with van der Waals surface area (Å²) < 4.78 is 33.6. The van der Waals surface area contributed by atoms with Gasteiger partial charge in [0.1, 0.15) is 5.75 Å². The molecule has 0 saturated carbocycles. The van der Waals surface area contributed by atoms with Gasteiger partial charge in [0, 0.05) is 37.1 Å². The molecule has 2 amide bonds. The molecular formula is C22H23ClF2N2O5. The second kappa shape index (κ2) is 12.6. The maximum Gasteiger partial charge on any atom is 0.387 e. The lowest BCUT2D eigenvalue weighted by Crippen LogP contribution is -2.31. The SMILES string of the molecule is CN(Cc1ccc(OC(F)F)cc1)C(=O)COC(=O)CCCNC(=O)c1ccc(Cl)cc1. The van der Waals surface area contributed by atoms with Crippen molar-refractivity contribution in [3.05, 3.63) is 64.7 Å². The molecule has 2 rings (SSSR count). The van der Waals surface area contributed by atoms with Gasteiger partial charge in [-0.15, -0.1) is 0 Å². The van der Waals surface area contributed by atoms with Crippen molar-refractivity contribution in [1.82, 2.24) is 10.2 Å². The molecule has 0 spiro atoms. The Bertz CT molecular complexity index is 908. The van der Waals surface area contributed by atoms with Gasteiger partial charge in [-0.25, -0.2) is 0 Å². The number of rotatable bonds is 11. The number of benzene rings is 2.